The van der Waals surface area contributed by atoms with Crippen LogP contribution in [0.25, 0.3) is 0 Å². The molecular weight excluding hydrogens is 503 g/mol. The first kappa shape index (κ1) is 26.5. The van der Waals surface area contributed by atoms with E-state index < -0.39 is 31.4 Å². The molecule has 39 heavy (non-hydrogen) atoms. The van der Waals surface area contributed by atoms with Crippen LogP contribution >= 0.6 is 0 Å². The van der Waals surface area contributed by atoms with E-state index in [-0.39, 0.29) is 34.0 Å². The number of carbonyl (C=O) groups is 4. The third-order valence-electron chi connectivity index (χ3n) is 5.44. The van der Waals surface area contributed by atoms with Crippen molar-refractivity contribution in [3.8, 4) is 11.5 Å². The molecule has 0 aliphatic rings. The van der Waals surface area contributed by atoms with E-state index in [1.54, 1.807) is 60.7 Å². The molecule has 4 aromatic carbocycles. The number of hydrogen-bond donors (Lipinski definition) is 4. The van der Waals surface area contributed by atoms with Gasteiger partial charge in [0.25, 0.3) is 11.8 Å². The fourth-order valence-electron chi connectivity index (χ4n) is 3.54. The Morgan fingerprint density at radius 3 is 1.31 bits per heavy atom. The van der Waals surface area contributed by atoms with Crippen LogP contribution in [-0.2, 0) is 0 Å². The predicted molar refractivity (Wildman–Crippen MR) is 144 cm³/mol. The number of nitrogens with one attached hydrogen (secondary N) is 2. The summed E-state index contributed by atoms with van der Waals surface area (Å²) in [7, 11) is -0.508. The van der Waals surface area contributed by atoms with Crippen LogP contribution in [0.5, 0.6) is 11.5 Å². The molecule has 0 aliphatic heterocycles. The largest absolute Gasteiger partial charge is 0.576 e. The minimum atomic E-state index is -1.30. The van der Waals surface area contributed by atoms with Gasteiger partial charge in [0.2, 0.25) is 0 Å². The van der Waals surface area contributed by atoms with E-state index in [9.17, 15) is 29.4 Å². The zero-order valence-corrected chi connectivity index (χ0v) is 20.3. The van der Waals surface area contributed by atoms with Crippen molar-refractivity contribution in [3.05, 3.63) is 119 Å². The summed E-state index contributed by atoms with van der Waals surface area (Å²) in [5.74, 6) is -3.52. The van der Waals surface area contributed by atoms with Crippen molar-refractivity contribution in [1.82, 2.24) is 0 Å². The van der Waals surface area contributed by atoms with Crippen LogP contribution in [0.3, 0.4) is 0 Å². The topological polar surface area (TPSA) is 151 Å². The van der Waals surface area contributed by atoms with Gasteiger partial charge in [-0.15, -0.1) is 0 Å². The maximum atomic E-state index is 12.4. The minimum absolute atomic E-state index is 0.0520. The number of benzene rings is 4. The van der Waals surface area contributed by atoms with Gasteiger partial charge in [-0.25, -0.2) is 9.59 Å². The number of anilines is 2. The summed E-state index contributed by atoms with van der Waals surface area (Å²) < 4.78 is 10.9. The van der Waals surface area contributed by atoms with E-state index in [0.29, 0.717) is 11.1 Å². The van der Waals surface area contributed by atoms with Crippen LogP contribution in [0.2, 0.25) is 0 Å². The molecule has 0 aliphatic carbocycles. The zero-order valence-electron chi connectivity index (χ0n) is 20.3. The molecule has 0 saturated heterocycles. The molecule has 4 rings (SSSR count). The molecule has 194 valence electrons. The number of carboxylic acid groups (broad SMARTS) is 2. The van der Waals surface area contributed by atoms with Gasteiger partial charge in [0.1, 0.15) is 22.6 Å². The molecule has 0 radical (unpaired) electrons. The Labute approximate surface area is 223 Å². The van der Waals surface area contributed by atoms with Crippen molar-refractivity contribution in [3.63, 3.8) is 0 Å². The molecule has 0 aromatic heterocycles. The molecule has 0 heterocycles. The van der Waals surface area contributed by atoms with Crippen LogP contribution in [0.4, 0.5) is 11.4 Å². The second kappa shape index (κ2) is 12.1. The first-order valence-electron chi connectivity index (χ1n) is 11.5. The summed E-state index contributed by atoms with van der Waals surface area (Å²) in [5.41, 5.74) is 0.835. The summed E-state index contributed by atoms with van der Waals surface area (Å²) in [5, 5.41) is 24.5. The lowest BCUT2D eigenvalue weighted by molar-refractivity contribution is 0.0684. The molecule has 0 atom stereocenters. The van der Waals surface area contributed by atoms with Crippen molar-refractivity contribution >= 4 is 42.8 Å². The Kier molecular flexibility index (Phi) is 8.22. The van der Waals surface area contributed by atoms with E-state index in [4.69, 9.17) is 9.31 Å². The van der Waals surface area contributed by atoms with Gasteiger partial charge >= 0.3 is 19.6 Å². The highest BCUT2D eigenvalue weighted by Crippen LogP contribution is 2.26. The highest BCUT2D eigenvalue weighted by molar-refractivity contribution is 6.21. The van der Waals surface area contributed by atoms with Gasteiger partial charge in [-0.2, -0.15) is 0 Å². The van der Waals surface area contributed by atoms with Crippen molar-refractivity contribution < 1.29 is 38.7 Å². The normalized spacial score (nSPS) is 10.2. The van der Waals surface area contributed by atoms with Gasteiger partial charge < -0.3 is 30.2 Å². The molecule has 0 saturated carbocycles. The number of amides is 2. The smallest absolute Gasteiger partial charge is 0.528 e. The van der Waals surface area contributed by atoms with Crippen LogP contribution < -0.4 is 19.9 Å². The second-order valence-corrected chi connectivity index (χ2v) is 8.08. The van der Waals surface area contributed by atoms with E-state index in [0.717, 1.165) is 0 Å². The molecule has 2 amide bonds. The molecule has 0 fully saturated rings. The van der Waals surface area contributed by atoms with E-state index in [1.165, 1.54) is 36.4 Å². The van der Waals surface area contributed by atoms with Gasteiger partial charge in [0.15, 0.2) is 0 Å². The van der Waals surface area contributed by atoms with Gasteiger partial charge in [0, 0.05) is 22.5 Å². The Hall–Kier alpha value is -5.58. The van der Waals surface area contributed by atoms with E-state index in [1.807, 2.05) is 0 Å². The second-order valence-electron chi connectivity index (χ2n) is 8.08. The number of hydrogen-bond acceptors (Lipinski definition) is 6. The Morgan fingerprint density at radius 1 is 0.564 bits per heavy atom. The van der Waals surface area contributed by atoms with Crippen molar-refractivity contribution in [2.24, 2.45) is 0 Å². The first-order valence-corrected chi connectivity index (χ1v) is 11.5. The first-order chi connectivity index (χ1) is 18.8. The average molecular weight is 524 g/mol. The minimum Gasteiger partial charge on any atom is -0.528 e. The third kappa shape index (κ3) is 6.80. The van der Waals surface area contributed by atoms with Crippen LogP contribution in [0.15, 0.2) is 97.1 Å². The average Bonchev–Trinajstić information content (AvgIpc) is 2.95. The van der Waals surface area contributed by atoms with E-state index >= 15 is 0 Å². The highest BCUT2D eigenvalue weighted by atomic mass is 16.6. The fourth-order valence-corrected chi connectivity index (χ4v) is 3.54. The summed E-state index contributed by atoms with van der Waals surface area (Å²) >= 11 is 0. The zero-order chi connectivity index (χ0) is 27.8. The summed E-state index contributed by atoms with van der Waals surface area (Å²) in [6.07, 6.45) is 0. The van der Waals surface area contributed by atoms with Gasteiger partial charge in [-0.3, -0.25) is 9.59 Å². The molecule has 0 unspecified atom stereocenters. The lowest BCUT2D eigenvalue weighted by Gasteiger charge is -2.14. The number of carbonyl (C=O) groups excluding carboxylic acids is 2. The SMILES string of the molecule is O=C(Nc1ccc(OBOc2ccc(NC(=O)c3ccccc3)cc2C(=O)O)c(C(=O)O)c1)c1ccccc1. The quantitative estimate of drug-likeness (QED) is 0.224. The van der Waals surface area contributed by atoms with Crippen molar-refractivity contribution in [2.45, 2.75) is 0 Å². The van der Waals surface area contributed by atoms with E-state index in [2.05, 4.69) is 10.6 Å². The van der Waals surface area contributed by atoms with Crippen molar-refractivity contribution in [1.29, 1.82) is 0 Å². The fraction of sp³-hybridized carbons (Fsp3) is 0. The van der Waals surface area contributed by atoms with Gasteiger partial charge in [-0.05, 0) is 60.7 Å². The Morgan fingerprint density at radius 2 is 0.949 bits per heavy atom. The van der Waals surface area contributed by atoms with Crippen LogP contribution in [0, 0.1) is 0 Å². The number of rotatable bonds is 10. The molecule has 4 N–H and O–H groups in total. The molecule has 0 spiro atoms. The lowest BCUT2D eigenvalue weighted by Crippen LogP contribution is -2.17. The van der Waals surface area contributed by atoms with Crippen LogP contribution in [-0.4, -0.2) is 41.7 Å². The summed E-state index contributed by atoms with van der Waals surface area (Å²) in [6.45, 7) is 0. The van der Waals surface area contributed by atoms with Gasteiger partial charge in [-0.1, -0.05) is 36.4 Å². The molecule has 0 bridgehead atoms. The predicted octanol–water partition coefficient (Wildman–Crippen LogP) is 4.31. The maximum absolute atomic E-state index is 12.4. The van der Waals surface area contributed by atoms with Crippen LogP contribution in [0.1, 0.15) is 41.4 Å². The molecule has 11 heteroatoms. The number of aromatic carboxylic acids is 2. The highest BCUT2D eigenvalue weighted by Gasteiger charge is 2.18. The standard InChI is InChI=1S/C28H21BN2O8/c32-25(17-7-3-1-4-8-17)30-19-11-13-23(21(15-19)27(34)35)38-29-39-24-14-12-20(16-22(24)28(36)37)31-26(33)18-9-5-2-6-10-18/h1-16,29H,(H,30,32)(H,31,33)(H,34,35)(H,36,37). The molecule has 10 nitrogen and oxygen atoms in total. The summed E-state index contributed by atoms with van der Waals surface area (Å²) in [6, 6.07) is 25.0. The Balaban J connectivity index is 1.43. The molecular formula is C28H21BN2O8. The maximum Gasteiger partial charge on any atom is 0.576 e. The summed E-state index contributed by atoms with van der Waals surface area (Å²) in [4.78, 5) is 48.3. The third-order valence-corrected chi connectivity index (χ3v) is 5.44. The Bertz CT molecular complexity index is 1410. The monoisotopic (exact) mass is 524 g/mol. The van der Waals surface area contributed by atoms with Gasteiger partial charge in [0.05, 0.1) is 0 Å². The number of carboxylic acids is 2. The molecule has 4 aromatic rings. The lowest BCUT2D eigenvalue weighted by atomic mass is 10.1. The van der Waals surface area contributed by atoms with Crippen molar-refractivity contribution in [2.75, 3.05) is 10.6 Å².